The molecule has 34 heavy (non-hydrogen) atoms. The molecule has 0 bridgehead atoms. The number of aryl methyl sites for hydroxylation is 1. The molecule has 0 unspecified atom stereocenters. The lowest BCUT2D eigenvalue weighted by Gasteiger charge is -2.62. The van der Waals surface area contributed by atoms with Gasteiger partial charge in [0, 0.05) is 6.42 Å². The van der Waals surface area contributed by atoms with Crippen LogP contribution < -0.4 is 5.32 Å². The molecule has 1 aromatic rings. The fourth-order valence-corrected chi connectivity index (χ4v) is 9.86. The van der Waals surface area contributed by atoms with Gasteiger partial charge < -0.3 is 15.5 Å². The Morgan fingerprint density at radius 2 is 1.91 bits per heavy atom. The first kappa shape index (κ1) is 24.6. The number of aromatic nitrogens is 2. The molecule has 0 aliphatic heterocycles. The van der Waals surface area contributed by atoms with Crippen molar-refractivity contribution < 1.29 is 15.0 Å². The van der Waals surface area contributed by atoms with Gasteiger partial charge in [0.2, 0.25) is 11.0 Å². The van der Waals surface area contributed by atoms with Gasteiger partial charge in [-0.05, 0) is 111 Å². The number of nitrogens with one attached hydrogen (secondary N) is 1. The van der Waals surface area contributed by atoms with E-state index < -0.39 is 0 Å². The number of aliphatic hydroxyl groups excluding tert-OH is 2. The molecular weight excluding hydrogens is 446 g/mol. The number of carbonyl (C=O) groups excluding carboxylic acids is 1. The topological polar surface area (TPSA) is 95.3 Å². The Bertz CT molecular complexity index is 907. The van der Waals surface area contributed by atoms with E-state index in [1.165, 1.54) is 37.0 Å². The quantitative estimate of drug-likeness (QED) is 0.529. The number of fused-ring (bicyclic) bond motifs is 5. The van der Waals surface area contributed by atoms with E-state index in [1.54, 1.807) is 0 Å². The number of hydrogen-bond donors (Lipinski definition) is 3. The molecule has 1 heterocycles. The third kappa shape index (κ3) is 4.03. The highest BCUT2D eigenvalue weighted by molar-refractivity contribution is 7.15. The number of nitrogens with zero attached hydrogens (tertiary/aromatic N) is 2. The number of rotatable bonds is 5. The van der Waals surface area contributed by atoms with Gasteiger partial charge in [-0.2, -0.15) is 0 Å². The third-order valence-electron chi connectivity index (χ3n) is 11.1. The molecule has 4 saturated carbocycles. The Morgan fingerprint density at radius 3 is 2.65 bits per heavy atom. The van der Waals surface area contributed by atoms with Crippen LogP contribution in [0.1, 0.15) is 90.0 Å². The molecule has 5 rings (SSSR count). The van der Waals surface area contributed by atoms with Gasteiger partial charge in [-0.15, -0.1) is 10.2 Å². The summed E-state index contributed by atoms with van der Waals surface area (Å²) in [5.74, 6) is 3.35. The van der Waals surface area contributed by atoms with Crippen LogP contribution in [0.5, 0.6) is 0 Å². The van der Waals surface area contributed by atoms with Gasteiger partial charge in [0.15, 0.2) is 0 Å². The first-order valence-electron chi connectivity index (χ1n) is 13.6. The third-order valence-corrected chi connectivity index (χ3v) is 11.9. The average molecular weight is 490 g/mol. The van der Waals surface area contributed by atoms with Crippen molar-refractivity contribution in [3.63, 3.8) is 0 Å². The standard InChI is InChI=1S/C27H43N3O3S/c1-15(5-10-24(33)28-25-30-29-16(2)34-25)20-8-9-21-19-7-6-17-13-18(31)11-12-26(17,3)22(19)14-23(32)27(20,21)4/h15,17-23,31-32H,5-14H2,1-4H3,(H,28,30,33)/t15-,17-,18-,19+,20-,21+,22+,23+,26+,27-/m1/s1. The summed E-state index contributed by atoms with van der Waals surface area (Å²) in [6.07, 6.45) is 9.71. The second-order valence-electron chi connectivity index (χ2n) is 12.6. The second kappa shape index (κ2) is 9.11. The molecule has 6 nitrogen and oxygen atoms in total. The van der Waals surface area contributed by atoms with Gasteiger partial charge in [-0.25, -0.2) is 0 Å². The molecule has 0 saturated heterocycles. The van der Waals surface area contributed by atoms with Gasteiger partial charge >= 0.3 is 0 Å². The van der Waals surface area contributed by atoms with Crippen molar-refractivity contribution >= 4 is 22.4 Å². The van der Waals surface area contributed by atoms with E-state index in [0.717, 1.165) is 37.1 Å². The van der Waals surface area contributed by atoms with Crippen LogP contribution in [-0.2, 0) is 4.79 Å². The van der Waals surface area contributed by atoms with Gasteiger partial charge in [-0.3, -0.25) is 4.79 Å². The minimum absolute atomic E-state index is 0.0117. The molecule has 1 aromatic heterocycles. The van der Waals surface area contributed by atoms with Crippen molar-refractivity contribution in [1.82, 2.24) is 10.2 Å². The first-order chi connectivity index (χ1) is 16.1. The summed E-state index contributed by atoms with van der Waals surface area (Å²) in [6.45, 7) is 9.02. The maximum Gasteiger partial charge on any atom is 0.226 e. The molecule has 4 fully saturated rings. The summed E-state index contributed by atoms with van der Waals surface area (Å²) in [7, 11) is 0. The largest absolute Gasteiger partial charge is 0.393 e. The molecule has 0 aromatic carbocycles. The summed E-state index contributed by atoms with van der Waals surface area (Å²) in [5.41, 5.74) is 0.222. The predicted molar refractivity (Wildman–Crippen MR) is 134 cm³/mol. The monoisotopic (exact) mass is 489 g/mol. The van der Waals surface area contributed by atoms with Crippen molar-refractivity contribution in [2.45, 2.75) is 104 Å². The molecule has 3 N–H and O–H groups in total. The Hall–Kier alpha value is -1.05. The van der Waals surface area contributed by atoms with E-state index in [2.05, 4.69) is 36.3 Å². The zero-order chi connectivity index (χ0) is 24.3. The van der Waals surface area contributed by atoms with Crippen LogP contribution >= 0.6 is 11.3 Å². The van der Waals surface area contributed by atoms with E-state index in [4.69, 9.17) is 0 Å². The molecular formula is C27H43N3O3S. The molecule has 4 aliphatic rings. The van der Waals surface area contributed by atoms with Crippen LogP contribution in [0, 0.1) is 53.3 Å². The number of carbonyl (C=O) groups is 1. The van der Waals surface area contributed by atoms with E-state index in [9.17, 15) is 15.0 Å². The van der Waals surface area contributed by atoms with E-state index in [1.807, 2.05) is 6.92 Å². The summed E-state index contributed by atoms with van der Waals surface area (Å²) < 4.78 is 0. The smallest absolute Gasteiger partial charge is 0.226 e. The van der Waals surface area contributed by atoms with Crippen molar-refractivity contribution in [2.24, 2.45) is 46.3 Å². The van der Waals surface area contributed by atoms with E-state index in [0.29, 0.717) is 47.1 Å². The Morgan fingerprint density at radius 1 is 1.12 bits per heavy atom. The molecule has 10 atom stereocenters. The predicted octanol–water partition coefficient (Wildman–Crippen LogP) is 5.19. The highest BCUT2D eigenvalue weighted by atomic mass is 32.1. The average Bonchev–Trinajstić information content (AvgIpc) is 3.36. The van der Waals surface area contributed by atoms with Crippen molar-refractivity contribution in [3.8, 4) is 0 Å². The maximum atomic E-state index is 12.5. The zero-order valence-electron chi connectivity index (χ0n) is 21.3. The molecule has 4 aliphatic carbocycles. The normalized spacial score (nSPS) is 44.6. The summed E-state index contributed by atoms with van der Waals surface area (Å²) in [4.78, 5) is 12.5. The lowest BCUT2D eigenvalue weighted by Crippen LogP contribution is -2.58. The van der Waals surface area contributed by atoms with Crippen LogP contribution in [0.2, 0.25) is 0 Å². The summed E-state index contributed by atoms with van der Waals surface area (Å²) in [6, 6.07) is 0. The van der Waals surface area contributed by atoms with Crippen LogP contribution in [0.3, 0.4) is 0 Å². The van der Waals surface area contributed by atoms with Crippen molar-refractivity contribution in [2.75, 3.05) is 5.32 Å². The zero-order valence-corrected chi connectivity index (χ0v) is 22.1. The van der Waals surface area contributed by atoms with Gasteiger partial charge in [0.1, 0.15) is 5.01 Å². The van der Waals surface area contributed by atoms with Crippen LogP contribution in [-0.4, -0.2) is 38.5 Å². The van der Waals surface area contributed by atoms with E-state index >= 15 is 0 Å². The fourth-order valence-electron chi connectivity index (χ4n) is 9.25. The minimum Gasteiger partial charge on any atom is -0.393 e. The molecule has 7 heteroatoms. The summed E-state index contributed by atoms with van der Waals surface area (Å²) in [5, 5.41) is 34.3. The molecule has 190 valence electrons. The number of anilines is 1. The van der Waals surface area contributed by atoms with Gasteiger partial charge in [0.25, 0.3) is 0 Å². The Labute approximate surface area is 208 Å². The van der Waals surface area contributed by atoms with Crippen LogP contribution in [0.4, 0.5) is 5.13 Å². The van der Waals surface area contributed by atoms with Crippen LogP contribution in [0.25, 0.3) is 0 Å². The van der Waals surface area contributed by atoms with Crippen LogP contribution in [0.15, 0.2) is 0 Å². The highest BCUT2D eigenvalue weighted by Gasteiger charge is 2.63. The highest BCUT2D eigenvalue weighted by Crippen LogP contribution is 2.68. The number of aliphatic hydroxyl groups is 2. The maximum absolute atomic E-state index is 12.5. The van der Waals surface area contributed by atoms with Gasteiger partial charge in [-0.1, -0.05) is 32.1 Å². The lowest BCUT2D eigenvalue weighted by atomic mass is 9.43. The molecule has 0 spiro atoms. The van der Waals surface area contributed by atoms with Crippen molar-refractivity contribution in [1.29, 1.82) is 0 Å². The lowest BCUT2D eigenvalue weighted by molar-refractivity contribution is -0.174. The number of amides is 1. The second-order valence-corrected chi connectivity index (χ2v) is 13.8. The number of hydrogen-bond acceptors (Lipinski definition) is 6. The molecule has 1 amide bonds. The Balaban J connectivity index is 1.26. The SMILES string of the molecule is Cc1nnc(NC(=O)CC[C@@H](C)[C@H]2CC[C@H]3[C@@H]4CC[C@@H]5C[C@H](O)CC[C@]5(C)[C@H]4C[C@H](O)[C@]23C)s1. The fraction of sp³-hybridized carbons (Fsp3) is 0.889. The first-order valence-corrected chi connectivity index (χ1v) is 14.4. The van der Waals surface area contributed by atoms with Gasteiger partial charge in [0.05, 0.1) is 12.2 Å². The Kier molecular flexibility index (Phi) is 6.60. The molecule has 0 radical (unpaired) electrons. The minimum atomic E-state index is -0.269. The van der Waals surface area contributed by atoms with Crippen molar-refractivity contribution in [3.05, 3.63) is 5.01 Å². The summed E-state index contributed by atoms with van der Waals surface area (Å²) >= 11 is 1.41. The van der Waals surface area contributed by atoms with E-state index in [-0.39, 0.29) is 28.9 Å².